The highest BCUT2D eigenvalue weighted by molar-refractivity contribution is 6.30. The van der Waals surface area contributed by atoms with E-state index in [2.05, 4.69) is 21.7 Å². The minimum Gasteiger partial charge on any atom is -0.497 e. The molecule has 25 heavy (non-hydrogen) atoms. The van der Waals surface area contributed by atoms with Crippen molar-refractivity contribution in [3.63, 3.8) is 0 Å². The van der Waals surface area contributed by atoms with E-state index in [9.17, 15) is 0 Å². The summed E-state index contributed by atoms with van der Waals surface area (Å²) < 4.78 is 10.6. The van der Waals surface area contributed by atoms with Gasteiger partial charge in [-0.3, -0.25) is 4.99 Å². The van der Waals surface area contributed by atoms with Crippen LogP contribution in [0.5, 0.6) is 11.5 Å². The van der Waals surface area contributed by atoms with Crippen LogP contribution in [0.1, 0.15) is 11.1 Å². The van der Waals surface area contributed by atoms with Crippen molar-refractivity contribution in [2.75, 3.05) is 27.8 Å². The van der Waals surface area contributed by atoms with E-state index in [0.29, 0.717) is 6.54 Å². The van der Waals surface area contributed by atoms with Crippen LogP contribution in [0.4, 0.5) is 0 Å². The molecule has 0 saturated heterocycles. The lowest BCUT2D eigenvalue weighted by Crippen LogP contribution is -2.37. The number of nitrogens with zero attached hydrogens (tertiary/aromatic N) is 1. The molecule has 0 aliphatic heterocycles. The zero-order valence-corrected chi connectivity index (χ0v) is 15.6. The van der Waals surface area contributed by atoms with Crippen LogP contribution in [0.15, 0.2) is 47.5 Å². The third-order valence-corrected chi connectivity index (χ3v) is 3.99. The summed E-state index contributed by atoms with van der Waals surface area (Å²) >= 11 is 6.00. The minimum absolute atomic E-state index is 0.601. The standard InChI is InChI=1S/C19H24ClN3O2/c1-21-19(22-10-9-14-5-4-6-16(20)11-14)23-13-15-7-8-17(24-2)12-18(15)25-3/h4-8,11-12H,9-10,13H2,1-3H3,(H2,21,22,23). The van der Waals surface area contributed by atoms with Gasteiger partial charge in [0.1, 0.15) is 11.5 Å². The first-order chi connectivity index (χ1) is 12.2. The van der Waals surface area contributed by atoms with Crippen molar-refractivity contribution in [2.24, 2.45) is 4.99 Å². The predicted molar refractivity (Wildman–Crippen MR) is 103 cm³/mol. The highest BCUT2D eigenvalue weighted by atomic mass is 35.5. The van der Waals surface area contributed by atoms with Gasteiger partial charge in [-0.15, -0.1) is 0 Å². The molecular formula is C19H24ClN3O2. The lowest BCUT2D eigenvalue weighted by atomic mass is 10.1. The Balaban J connectivity index is 1.86. The van der Waals surface area contributed by atoms with Gasteiger partial charge in [0.2, 0.25) is 0 Å². The fourth-order valence-corrected chi connectivity index (χ4v) is 2.63. The first-order valence-corrected chi connectivity index (χ1v) is 8.44. The Morgan fingerprint density at radius 1 is 1.08 bits per heavy atom. The number of aliphatic imine (C=N–C) groups is 1. The molecule has 2 aromatic carbocycles. The maximum Gasteiger partial charge on any atom is 0.191 e. The molecule has 0 atom stereocenters. The number of ether oxygens (including phenoxy) is 2. The lowest BCUT2D eigenvalue weighted by Gasteiger charge is -2.14. The van der Waals surface area contributed by atoms with Crippen LogP contribution in [0, 0.1) is 0 Å². The molecule has 0 aliphatic carbocycles. The quantitative estimate of drug-likeness (QED) is 0.587. The summed E-state index contributed by atoms with van der Waals surface area (Å²) in [5.74, 6) is 2.28. The average molecular weight is 362 g/mol. The normalized spacial score (nSPS) is 11.1. The number of nitrogens with one attached hydrogen (secondary N) is 2. The molecule has 0 bridgehead atoms. The average Bonchev–Trinajstić information content (AvgIpc) is 2.64. The van der Waals surface area contributed by atoms with E-state index < -0.39 is 0 Å². The Labute approximate surface area is 154 Å². The van der Waals surface area contributed by atoms with Crippen LogP contribution in [0.3, 0.4) is 0 Å². The number of hydrogen-bond donors (Lipinski definition) is 2. The summed E-state index contributed by atoms with van der Waals surface area (Å²) in [4.78, 5) is 4.24. The van der Waals surface area contributed by atoms with Gasteiger partial charge in [0.25, 0.3) is 0 Å². The monoisotopic (exact) mass is 361 g/mol. The first-order valence-electron chi connectivity index (χ1n) is 8.06. The van der Waals surface area contributed by atoms with Gasteiger partial charge in [-0.2, -0.15) is 0 Å². The molecule has 0 heterocycles. The molecule has 0 aliphatic rings. The van der Waals surface area contributed by atoms with Crippen LogP contribution < -0.4 is 20.1 Å². The van der Waals surface area contributed by atoms with Crippen LogP contribution in [0.2, 0.25) is 5.02 Å². The Kier molecular flexibility index (Phi) is 7.41. The molecule has 0 radical (unpaired) electrons. The molecule has 2 N–H and O–H groups in total. The highest BCUT2D eigenvalue weighted by Gasteiger charge is 2.06. The van der Waals surface area contributed by atoms with E-state index in [4.69, 9.17) is 21.1 Å². The van der Waals surface area contributed by atoms with Crippen LogP contribution >= 0.6 is 11.6 Å². The first kappa shape index (κ1) is 18.9. The predicted octanol–water partition coefficient (Wildman–Crippen LogP) is 3.26. The summed E-state index contributed by atoms with van der Waals surface area (Å²) in [6.07, 6.45) is 0.868. The topological polar surface area (TPSA) is 54.9 Å². The zero-order valence-electron chi connectivity index (χ0n) is 14.8. The van der Waals surface area contributed by atoms with Gasteiger partial charge in [-0.05, 0) is 36.2 Å². The molecule has 2 rings (SSSR count). The fraction of sp³-hybridized carbons (Fsp3) is 0.316. The second-order valence-electron chi connectivity index (χ2n) is 5.41. The summed E-state index contributed by atoms with van der Waals surface area (Å²) in [5, 5.41) is 7.34. The number of hydrogen-bond acceptors (Lipinski definition) is 3. The second kappa shape index (κ2) is 9.79. The van der Waals surface area contributed by atoms with Crippen molar-refractivity contribution < 1.29 is 9.47 Å². The fourth-order valence-electron chi connectivity index (χ4n) is 2.42. The van der Waals surface area contributed by atoms with Crippen molar-refractivity contribution in [1.82, 2.24) is 10.6 Å². The van der Waals surface area contributed by atoms with Crippen LogP contribution in [-0.4, -0.2) is 33.8 Å². The van der Waals surface area contributed by atoms with E-state index in [1.807, 2.05) is 36.4 Å². The zero-order chi connectivity index (χ0) is 18.1. The smallest absolute Gasteiger partial charge is 0.191 e. The van der Waals surface area contributed by atoms with Crippen molar-refractivity contribution in [3.05, 3.63) is 58.6 Å². The summed E-state index contributed by atoms with van der Waals surface area (Å²) in [5.41, 5.74) is 2.22. The molecule has 0 amide bonds. The van der Waals surface area contributed by atoms with E-state index in [1.165, 1.54) is 5.56 Å². The molecule has 0 fully saturated rings. The van der Waals surface area contributed by atoms with E-state index in [-0.39, 0.29) is 0 Å². The van der Waals surface area contributed by atoms with Crippen LogP contribution in [0.25, 0.3) is 0 Å². The van der Waals surface area contributed by atoms with Crippen molar-refractivity contribution >= 4 is 17.6 Å². The number of methoxy groups -OCH3 is 2. The third kappa shape index (κ3) is 5.87. The highest BCUT2D eigenvalue weighted by Crippen LogP contribution is 2.24. The second-order valence-corrected chi connectivity index (χ2v) is 5.85. The maximum atomic E-state index is 6.00. The summed E-state index contributed by atoms with van der Waals surface area (Å²) in [6, 6.07) is 13.6. The van der Waals surface area contributed by atoms with Gasteiger partial charge in [-0.1, -0.05) is 23.7 Å². The maximum absolute atomic E-state index is 6.00. The number of benzene rings is 2. The van der Waals surface area contributed by atoms with Crippen molar-refractivity contribution in [1.29, 1.82) is 0 Å². The molecule has 0 spiro atoms. The molecule has 0 saturated carbocycles. The largest absolute Gasteiger partial charge is 0.497 e. The van der Waals surface area contributed by atoms with E-state index in [1.54, 1.807) is 21.3 Å². The molecule has 5 nitrogen and oxygen atoms in total. The molecular weight excluding hydrogens is 338 g/mol. The van der Waals surface area contributed by atoms with Gasteiger partial charge in [-0.25, -0.2) is 0 Å². The van der Waals surface area contributed by atoms with E-state index >= 15 is 0 Å². The Hall–Kier alpha value is -2.40. The number of rotatable bonds is 7. The number of halogens is 1. The molecule has 2 aromatic rings. The van der Waals surface area contributed by atoms with Gasteiger partial charge in [0.15, 0.2) is 5.96 Å². The number of guanidine groups is 1. The lowest BCUT2D eigenvalue weighted by molar-refractivity contribution is 0.390. The summed E-state index contributed by atoms with van der Waals surface area (Å²) in [7, 11) is 5.04. The molecule has 134 valence electrons. The van der Waals surface area contributed by atoms with Gasteiger partial charge < -0.3 is 20.1 Å². The van der Waals surface area contributed by atoms with Crippen molar-refractivity contribution in [3.8, 4) is 11.5 Å². The van der Waals surface area contributed by atoms with E-state index in [0.717, 1.165) is 41.0 Å². The third-order valence-electron chi connectivity index (χ3n) is 3.76. The molecule has 6 heteroatoms. The van der Waals surface area contributed by atoms with Crippen LogP contribution in [-0.2, 0) is 13.0 Å². The SMILES string of the molecule is CN=C(NCCc1cccc(Cl)c1)NCc1ccc(OC)cc1OC. The Morgan fingerprint density at radius 3 is 2.60 bits per heavy atom. The Bertz CT molecular complexity index is 720. The minimum atomic E-state index is 0.601. The molecule has 0 aromatic heterocycles. The van der Waals surface area contributed by atoms with Gasteiger partial charge in [0.05, 0.1) is 14.2 Å². The summed E-state index contributed by atoms with van der Waals surface area (Å²) in [6.45, 7) is 1.36. The molecule has 0 unspecified atom stereocenters. The van der Waals surface area contributed by atoms with Crippen molar-refractivity contribution in [2.45, 2.75) is 13.0 Å². The van der Waals surface area contributed by atoms with Gasteiger partial charge in [0, 0.05) is 36.8 Å². The van der Waals surface area contributed by atoms with Gasteiger partial charge >= 0.3 is 0 Å². The Morgan fingerprint density at radius 2 is 1.92 bits per heavy atom.